The van der Waals surface area contributed by atoms with Gasteiger partial charge in [0.2, 0.25) is 0 Å². The molecule has 1 aromatic rings. The van der Waals surface area contributed by atoms with Gasteiger partial charge < -0.3 is 54.7 Å². The van der Waals surface area contributed by atoms with Crippen LogP contribution in [-0.4, -0.2) is 110 Å². The second kappa shape index (κ2) is 13.1. The fraction of sp³-hybridized carbons (Fsp3) is 0.440. The molecular formula is C25H30O13. The number of phenolic OH excluding ortho intramolecular Hbond substituents is 1. The van der Waals surface area contributed by atoms with Crippen LogP contribution in [-0.2, 0) is 28.5 Å². The van der Waals surface area contributed by atoms with Gasteiger partial charge in [0.25, 0.3) is 0 Å². The second-order valence-corrected chi connectivity index (χ2v) is 8.67. The van der Waals surface area contributed by atoms with Crippen LogP contribution in [0.1, 0.15) is 12.5 Å². The van der Waals surface area contributed by atoms with E-state index < -0.39 is 74.2 Å². The molecule has 2 aliphatic rings. The Kier molecular flexibility index (Phi) is 10.1. The van der Waals surface area contributed by atoms with Gasteiger partial charge in [0, 0.05) is 6.08 Å². The largest absolute Gasteiger partial charge is 0.508 e. The molecule has 13 nitrogen and oxygen atoms in total. The van der Waals surface area contributed by atoms with E-state index >= 15 is 0 Å². The number of cyclic esters (lactones) is 1. The maximum Gasteiger partial charge on any atom is 0.337 e. The summed E-state index contributed by atoms with van der Waals surface area (Å²) in [5, 5.41) is 69.1. The summed E-state index contributed by atoms with van der Waals surface area (Å²) in [7, 11) is 0. The highest BCUT2D eigenvalue weighted by Crippen LogP contribution is 2.27. The van der Waals surface area contributed by atoms with Crippen LogP contribution in [0.2, 0.25) is 0 Å². The Bertz CT molecular complexity index is 1060. The van der Waals surface area contributed by atoms with Crippen molar-refractivity contribution in [2.24, 2.45) is 0 Å². The summed E-state index contributed by atoms with van der Waals surface area (Å²) < 4.78 is 20.5. The molecule has 13 heteroatoms. The van der Waals surface area contributed by atoms with Gasteiger partial charge >= 0.3 is 11.9 Å². The number of benzene rings is 1. The highest BCUT2D eigenvalue weighted by Gasteiger charge is 2.45. The lowest BCUT2D eigenvalue weighted by atomic mass is 9.99. The van der Waals surface area contributed by atoms with Crippen LogP contribution >= 0.6 is 0 Å². The first-order valence-electron chi connectivity index (χ1n) is 11.6. The summed E-state index contributed by atoms with van der Waals surface area (Å²) in [6.07, 6.45) is -7.33. The third-order valence-corrected chi connectivity index (χ3v) is 5.96. The van der Waals surface area contributed by atoms with Crippen molar-refractivity contribution in [3.05, 3.63) is 59.4 Å². The number of carbonyl (C=O) groups excluding carboxylic acids is 2. The summed E-state index contributed by atoms with van der Waals surface area (Å²) in [5.41, 5.74) is 0.462. The molecular weight excluding hydrogens is 508 g/mol. The monoisotopic (exact) mass is 538 g/mol. The first-order chi connectivity index (χ1) is 18.0. The van der Waals surface area contributed by atoms with Gasteiger partial charge in [-0.15, -0.1) is 0 Å². The molecule has 0 radical (unpaired) electrons. The molecule has 7 N–H and O–H groups in total. The minimum atomic E-state index is -1.65. The first kappa shape index (κ1) is 29.4. The van der Waals surface area contributed by atoms with Gasteiger partial charge in [0.15, 0.2) is 12.4 Å². The van der Waals surface area contributed by atoms with Crippen molar-refractivity contribution in [1.82, 2.24) is 0 Å². The van der Waals surface area contributed by atoms with E-state index in [0.29, 0.717) is 5.56 Å². The first-order valence-corrected chi connectivity index (χ1v) is 11.6. The van der Waals surface area contributed by atoms with E-state index in [1.165, 1.54) is 25.1 Å². The molecule has 3 rings (SSSR count). The van der Waals surface area contributed by atoms with Crippen molar-refractivity contribution < 1.29 is 64.3 Å². The van der Waals surface area contributed by atoms with E-state index in [-0.39, 0.29) is 16.9 Å². The molecule has 0 spiro atoms. The van der Waals surface area contributed by atoms with E-state index in [1.807, 2.05) is 0 Å². The van der Waals surface area contributed by atoms with Crippen molar-refractivity contribution in [3.63, 3.8) is 0 Å². The Labute approximate surface area is 217 Å². The van der Waals surface area contributed by atoms with Crippen molar-refractivity contribution >= 4 is 18.0 Å². The second-order valence-electron chi connectivity index (χ2n) is 8.67. The normalized spacial score (nSPS) is 32.0. The van der Waals surface area contributed by atoms with Crippen LogP contribution in [0.4, 0.5) is 0 Å². The van der Waals surface area contributed by atoms with Gasteiger partial charge in [-0.3, -0.25) is 0 Å². The number of aromatic hydroxyl groups is 1. The van der Waals surface area contributed by atoms with Crippen molar-refractivity contribution in [1.29, 1.82) is 0 Å². The number of carbonyl (C=O) groups is 2. The third kappa shape index (κ3) is 7.03. The molecule has 0 amide bonds. The maximum atomic E-state index is 12.2. The van der Waals surface area contributed by atoms with Crippen molar-refractivity contribution in [3.8, 4) is 5.75 Å². The standard InChI is InChI=1S/C25H30O13/c1-12(11-36-17(28)7-4-13-2-5-14(27)6-3-13)18(29)23-19(30)15(24(34)38-23)8-9-35-25-22(33)21(32)20(31)16(10-26)37-25/h2-8,11,16,18-23,25-27,29-33H,9-10H2,1H3/t16-,18-,19+,20+,21+,22+,23+,25+/m0/s1. The number of aliphatic hydroxyl groups excluding tert-OH is 6. The number of hydrogen-bond acceptors (Lipinski definition) is 13. The SMILES string of the molecule is CC(=COC(=O)C=Cc1ccc(O)cc1)[C@H](O)[C@H]1OC(=O)C(=CCO[C@@H]2O[C@@H](CO)[C@@H](O)[C@@H](O)[C@H]2O)[C@H]1O. The molecule has 0 unspecified atom stereocenters. The van der Waals surface area contributed by atoms with E-state index in [0.717, 1.165) is 18.4 Å². The molecule has 2 saturated heterocycles. The zero-order valence-corrected chi connectivity index (χ0v) is 20.2. The van der Waals surface area contributed by atoms with Gasteiger partial charge in [0.1, 0.15) is 42.4 Å². The molecule has 0 bridgehead atoms. The van der Waals surface area contributed by atoms with Crippen LogP contribution in [0.5, 0.6) is 5.75 Å². The number of rotatable bonds is 9. The van der Waals surface area contributed by atoms with Crippen LogP contribution < -0.4 is 0 Å². The van der Waals surface area contributed by atoms with E-state index in [1.54, 1.807) is 12.1 Å². The maximum absolute atomic E-state index is 12.2. The number of ether oxygens (including phenoxy) is 4. The number of phenols is 1. The Morgan fingerprint density at radius 1 is 1.11 bits per heavy atom. The molecule has 2 fully saturated rings. The summed E-state index contributed by atoms with van der Waals surface area (Å²) >= 11 is 0. The van der Waals surface area contributed by atoms with E-state index in [2.05, 4.69) is 0 Å². The fourth-order valence-corrected chi connectivity index (χ4v) is 3.70. The predicted octanol–water partition coefficient (Wildman–Crippen LogP) is -1.76. The lowest BCUT2D eigenvalue weighted by Gasteiger charge is -2.39. The molecule has 2 aliphatic heterocycles. The number of esters is 2. The zero-order chi connectivity index (χ0) is 28.0. The third-order valence-electron chi connectivity index (χ3n) is 5.96. The predicted molar refractivity (Wildman–Crippen MR) is 127 cm³/mol. The van der Waals surface area contributed by atoms with Crippen molar-refractivity contribution in [2.45, 2.75) is 55.9 Å². The minimum absolute atomic E-state index is 0.0754. The number of aliphatic hydroxyl groups is 6. The molecule has 0 aliphatic carbocycles. The van der Waals surface area contributed by atoms with Crippen LogP contribution in [0, 0.1) is 0 Å². The summed E-state index contributed by atoms with van der Waals surface area (Å²) in [6, 6.07) is 6.06. The van der Waals surface area contributed by atoms with Crippen LogP contribution in [0.25, 0.3) is 6.08 Å². The van der Waals surface area contributed by atoms with E-state index in [9.17, 15) is 45.3 Å². The van der Waals surface area contributed by atoms with Gasteiger partial charge in [-0.05, 0) is 42.3 Å². The highest BCUT2D eigenvalue weighted by molar-refractivity contribution is 5.92. The molecule has 1 aromatic carbocycles. The van der Waals surface area contributed by atoms with Crippen LogP contribution in [0.3, 0.4) is 0 Å². The van der Waals surface area contributed by atoms with Gasteiger partial charge in [-0.2, -0.15) is 0 Å². The zero-order valence-electron chi connectivity index (χ0n) is 20.2. The Hall–Kier alpha value is -3.14. The average molecular weight is 539 g/mol. The average Bonchev–Trinajstić information content (AvgIpc) is 3.19. The van der Waals surface area contributed by atoms with Crippen LogP contribution in [0.15, 0.2) is 53.8 Å². The highest BCUT2D eigenvalue weighted by atomic mass is 16.7. The fourth-order valence-electron chi connectivity index (χ4n) is 3.70. The Morgan fingerprint density at radius 2 is 1.79 bits per heavy atom. The summed E-state index contributed by atoms with van der Waals surface area (Å²) in [5.74, 6) is -1.63. The Balaban J connectivity index is 1.55. The molecule has 0 saturated carbocycles. The lowest BCUT2D eigenvalue weighted by molar-refractivity contribution is -0.298. The summed E-state index contributed by atoms with van der Waals surface area (Å²) in [4.78, 5) is 24.2. The minimum Gasteiger partial charge on any atom is -0.508 e. The van der Waals surface area contributed by atoms with Gasteiger partial charge in [-0.25, -0.2) is 9.59 Å². The molecule has 0 aromatic heterocycles. The number of hydrogen-bond donors (Lipinski definition) is 7. The van der Waals surface area contributed by atoms with Crippen molar-refractivity contribution in [2.75, 3.05) is 13.2 Å². The quantitative estimate of drug-likeness (QED) is 0.106. The Morgan fingerprint density at radius 3 is 2.45 bits per heavy atom. The smallest absolute Gasteiger partial charge is 0.337 e. The lowest BCUT2D eigenvalue weighted by Crippen LogP contribution is -2.59. The van der Waals surface area contributed by atoms with Gasteiger partial charge in [-0.1, -0.05) is 12.1 Å². The molecule has 38 heavy (non-hydrogen) atoms. The summed E-state index contributed by atoms with van der Waals surface area (Å²) in [6.45, 7) is 0.353. The van der Waals surface area contributed by atoms with Gasteiger partial charge in [0.05, 0.1) is 25.0 Å². The molecule has 8 atom stereocenters. The molecule has 208 valence electrons. The topological polar surface area (TPSA) is 213 Å². The van der Waals surface area contributed by atoms with E-state index in [4.69, 9.17) is 18.9 Å². The molecule has 2 heterocycles.